The Bertz CT molecular complexity index is 335. The summed E-state index contributed by atoms with van der Waals surface area (Å²) in [6, 6.07) is 9.95. The molecule has 0 saturated carbocycles. The van der Waals surface area contributed by atoms with Crippen LogP contribution in [0.2, 0.25) is 0 Å². The van der Waals surface area contributed by atoms with Crippen molar-refractivity contribution in [1.82, 2.24) is 5.32 Å². The summed E-state index contributed by atoms with van der Waals surface area (Å²) < 4.78 is 0. The predicted octanol–water partition coefficient (Wildman–Crippen LogP) is 1.85. The molecule has 0 saturated heterocycles. The largest absolute Gasteiger partial charge is 0.368 e. The lowest BCUT2D eigenvalue weighted by molar-refractivity contribution is -0.119. The summed E-state index contributed by atoms with van der Waals surface area (Å²) in [7, 11) is 0. The maximum absolute atomic E-state index is 11.0. The van der Waals surface area contributed by atoms with Crippen LogP contribution in [0.5, 0.6) is 0 Å². The second-order valence-corrected chi connectivity index (χ2v) is 4.42. The molecule has 0 aliphatic rings. The van der Waals surface area contributed by atoms with E-state index in [9.17, 15) is 4.79 Å². The number of rotatable bonds is 5. The monoisotopic (exact) mass is 220 g/mol. The van der Waals surface area contributed by atoms with E-state index in [0.29, 0.717) is 5.92 Å². The van der Waals surface area contributed by atoms with E-state index in [0.717, 1.165) is 0 Å². The average Bonchev–Trinajstić information content (AvgIpc) is 2.26. The Hall–Kier alpha value is -1.35. The van der Waals surface area contributed by atoms with Crippen LogP contribution in [0.1, 0.15) is 32.4 Å². The molecule has 1 aromatic carbocycles. The fourth-order valence-electron chi connectivity index (χ4n) is 1.69. The van der Waals surface area contributed by atoms with Crippen LogP contribution in [-0.4, -0.2) is 11.9 Å². The molecule has 1 aromatic rings. The normalized spacial score (nSPS) is 14.8. The third-order valence-corrected chi connectivity index (χ3v) is 2.68. The van der Waals surface area contributed by atoms with Gasteiger partial charge in [-0.2, -0.15) is 0 Å². The third kappa shape index (κ3) is 3.35. The quantitative estimate of drug-likeness (QED) is 0.795. The van der Waals surface area contributed by atoms with Gasteiger partial charge in [0.1, 0.15) is 0 Å². The van der Waals surface area contributed by atoms with Crippen molar-refractivity contribution in [2.45, 2.75) is 32.9 Å². The molecule has 16 heavy (non-hydrogen) atoms. The van der Waals surface area contributed by atoms with Crippen LogP contribution < -0.4 is 11.1 Å². The molecule has 88 valence electrons. The fourth-order valence-corrected chi connectivity index (χ4v) is 1.69. The van der Waals surface area contributed by atoms with Crippen molar-refractivity contribution < 1.29 is 4.79 Å². The first-order valence-electron chi connectivity index (χ1n) is 5.62. The lowest BCUT2D eigenvalue weighted by Crippen LogP contribution is -2.42. The van der Waals surface area contributed by atoms with Crippen LogP contribution in [0.15, 0.2) is 30.3 Å². The lowest BCUT2D eigenvalue weighted by atomic mass is 9.95. The Morgan fingerprint density at radius 3 is 2.19 bits per heavy atom. The van der Waals surface area contributed by atoms with Crippen LogP contribution in [-0.2, 0) is 4.79 Å². The highest BCUT2D eigenvalue weighted by atomic mass is 16.1. The second kappa shape index (κ2) is 5.66. The Morgan fingerprint density at radius 2 is 1.75 bits per heavy atom. The highest BCUT2D eigenvalue weighted by Gasteiger charge is 2.19. The molecule has 0 aliphatic heterocycles. The molecule has 2 atom stereocenters. The van der Waals surface area contributed by atoms with E-state index < -0.39 is 0 Å². The van der Waals surface area contributed by atoms with Crippen LogP contribution >= 0.6 is 0 Å². The molecule has 0 radical (unpaired) electrons. The highest BCUT2D eigenvalue weighted by molar-refractivity contribution is 5.79. The fraction of sp³-hybridized carbons (Fsp3) is 0.462. The molecular weight excluding hydrogens is 200 g/mol. The summed E-state index contributed by atoms with van der Waals surface area (Å²) >= 11 is 0. The summed E-state index contributed by atoms with van der Waals surface area (Å²) in [5.74, 6) is 0.0887. The van der Waals surface area contributed by atoms with Crippen molar-refractivity contribution in [3.8, 4) is 0 Å². The smallest absolute Gasteiger partial charge is 0.234 e. The van der Waals surface area contributed by atoms with Gasteiger partial charge in [-0.05, 0) is 18.4 Å². The number of benzene rings is 1. The third-order valence-electron chi connectivity index (χ3n) is 2.68. The molecule has 3 nitrogen and oxygen atoms in total. The molecule has 3 N–H and O–H groups in total. The molecule has 0 aliphatic carbocycles. The maximum Gasteiger partial charge on any atom is 0.234 e. The second-order valence-electron chi connectivity index (χ2n) is 4.42. The van der Waals surface area contributed by atoms with Crippen LogP contribution in [0, 0.1) is 5.92 Å². The molecule has 1 amide bonds. The van der Waals surface area contributed by atoms with E-state index in [1.54, 1.807) is 6.92 Å². The number of carbonyl (C=O) groups excluding carboxylic acids is 1. The molecular formula is C13H20N2O. The van der Waals surface area contributed by atoms with Gasteiger partial charge in [0.2, 0.25) is 5.91 Å². The zero-order valence-corrected chi connectivity index (χ0v) is 10.1. The highest BCUT2D eigenvalue weighted by Crippen LogP contribution is 2.21. The van der Waals surface area contributed by atoms with Crippen molar-refractivity contribution >= 4 is 5.91 Å². The predicted molar refractivity (Wildman–Crippen MR) is 65.8 cm³/mol. The minimum Gasteiger partial charge on any atom is -0.368 e. The number of primary amides is 1. The zero-order valence-electron chi connectivity index (χ0n) is 10.1. The topological polar surface area (TPSA) is 55.1 Å². The van der Waals surface area contributed by atoms with Gasteiger partial charge in [0.05, 0.1) is 6.04 Å². The standard InChI is InChI=1S/C13H20N2O/c1-9(2)12(15-10(3)13(14)16)11-7-5-4-6-8-11/h4-10,12,15H,1-3H3,(H2,14,16). The number of hydrogen-bond donors (Lipinski definition) is 2. The van der Waals surface area contributed by atoms with Crippen LogP contribution in [0.4, 0.5) is 0 Å². The summed E-state index contributed by atoms with van der Waals surface area (Å²) in [4.78, 5) is 11.0. The van der Waals surface area contributed by atoms with Gasteiger partial charge in [0.15, 0.2) is 0 Å². The summed E-state index contributed by atoms with van der Waals surface area (Å²) in [6.45, 7) is 6.04. The van der Waals surface area contributed by atoms with E-state index in [1.165, 1.54) is 5.56 Å². The maximum atomic E-state index is 11.0. The van der Waals surface area contributed by atoms with Gasteiger partial charge in [0.25, 0.3) is 0 Å². The zero-order chi connectivity index (χ0) is 12.1. The molecule has 0 fully saturated rings. The first kappa shape index (κ1) is 12.7. The van der Waals surface area contributed by atoms with E-state index in [2.05, 4.69) is 31.3 Å². The number of hydrogen-bond acceptors (Lipinski definition) is 2. The van der Waals surface area contributed by atoms with E-state index >= 15 is 0 Å². The van der Waals surface area contributed by atoms with Gasteiger partial charge < -0.3 is 5.73 Å². The molecule has 0 heterocycles. The van der Waals surface area contributed by atoms with Gasteiger partial charge in [-0.1, -0.05) is 44.2 Å². The molecule has 2 unspecified atom stereocenters. The van der Waals surface area contributed by atoms with Crippen molar-refractivity contribution in [2.24, 2.45) is 11.7 Å². The Labute approximate surface area is 97.0 Å². The van der Waals surface area contributed by atoms with Gasteiger partial charge in [-0.3, -0.25) is 10.1 Å². The molecule has 1 rings (SSSR count). The molecule has 0 bridgehead atoms. The van der Waals surface area contributed by atoms with Crippen LogP contribution in [0.25, 0.3) is 0 Å². The van der Waals surface area contributed by atoms with Gasteiger partial charge in [-0.25, -0.2) is 0 Å². The Kier molecular flexibility index (Phi) is 4.50. The minimum atomic E-state index is -0.318. The van der Waals surface area contributed by atoms with Crippen LogP contribution in [0.3, 0.4) is 0 Å². The summed E-state index contributed by atoms with van der Waals surface area (Å²) in [5.41, 5.74) is 6.45. The van der Waals surface area contributed by atoms with Gasteiger partial charge in [0, 0.05) is 6.04 Å². The molecule has 3 heteroatoms. The Morgan fingerprint density at radius 1 is 1.19 bits per heavy atom. The van der Waals surface area contributed by atoms with Crippen molar-refractivity contribution in [3.05, 3.63) is 35.9 Å². The van der Waals surface area contributed by atoms with Gasteiger partial charge in [-0.15, -0.1) is 0 Å². The first-order valence-corrected chi connectivity index (χ1v) is 5.62. The van der Waals surface area contributed by atoms with Gasteiger partial charge >= 0.3 is 0 Å². The number of amides is 1. The average molecular weight is 220 g/mol. The minimum absolute atomic E-state index is 0.156. The number of carbonyl (C=O) groups is 1. The SMILES string of the molecule is CC(NC(c1ccccc1)C(C)C)C(N)=O. The molecule has 0 aromatic heterocycles. The van der Waals surface area contributed by atoms with E-state index in [-0.39, 0.29) is 18.0 Å². The summed E-state index contributed by atoms with van der Waals surface area (Å²) in [5, 5.41) is 3.26. The first-order chi connectivity index (χ1) is 7.52. The molecule has 0 spiro atoms. The lowest BCUT2D eigenvalue weighted by Gasteiger charge is -2.25. The Balaban J connectivity index is 2.81. The van der Waals surface area contributed by atoms with E-state index in [1.807, 2.05) is 18.2 Å². The summed E-state index contributed by atoms with van der Waals surface area (Å²) in [6.07, 6.45) is 0. The number of nitrogens with two attached hydrogens (primary N) is 1. The van der Waals surface area contributed by atoms with E-state index in [4.69, 9.17) is 5.73 Å². The van der Waals surface area contributed by atoms with Crippen molar-refractivity contribution in [2.75, 3.05) is 0 Å². The van der Waals surface area contributed by atoms with Crippen molar-refractivity contribution in [1.29, 1.82) is 0 Å². The number of nitrogens with one attached hydrogen (secondary N) is 1. The van der Waals surface area contributed by atoms with Crippen molar-refractivity contribution in [3.63, 3.8) is 0 Å².